The standard InChI is InChI=1S/C14H24ClN3/c1-6-7-18(5)13-8-11(12(15)10-16-13)9-17-14(2,3)4/h8,10,17H,6-7,9H2,1-5H3. The fraction of sp³-hybridized carbons (Fsp3) is 0.643. The molecule has 1 N–H and O–H groups in total. The van der Waals surface area contributed by atoms with Crippen LogP contribution in [-0.2, 0) is 6.54 Å². The highest BCUT2D eigenvalue weighted by atomic mass is 35.5. The van der Waals surface area contributed by atoms with E-state index in [9.17, 15) is 0 Å². The van der Waals surface area contributed by atoms with Crippen LogP contribution in [0.1, 0.15) is 39.7 Å². The lowest BCUT2D eigenvalue weighted by Gasteiger charge is -2.22. The molecule has 3 nitrogen and oxygen atoms in total. The van der Waals surface area contributed by atoms with Crippen molar-refractivity contribution < 1.29 is 0 Å². The Hall–Kier alpha value is -0.800. The molecule has 0 aliphatic rings. The van der Waals surface area contributed by atoms with Crippen LogP contribution in [-0.4, -0.2) is 24.1 Å². The van der Waals surface area contributed by atoms with Gasteiger partial charge in [0.05, 0.1) is 5.02 Å². The van der Waals surface area contributed by atoms with Crippen LogP contribution in [0.3, 0.4) is 0 Å². The van der Waals surface area contributed by atoms with Crippen LogP contribution >= 0.6 is 11.6 Å². The normalized spacial score (nSPS) is 11.7. The zero-order valence-electron chi connectivity index (χ0n) is 12.0. The minimum absolute atomic E-state index is 0.0854. The molecule has 0 saturated heterocycles. The van der Waals surface area contributed by atoms with E-state index in [0.29, 0.717) is 0 Å². The van der Waals surface area contributed by atoms with Gasteiger partial charge >= 0.3 is 0 Å². The highest BCUT2D eigenvalue weighted by Gasteiger charge is 2.11. The maximum Gasteiger partial charge on any atom is 0.128 e. The second kappa shape index (κ2) is 6.39. The molecule has 1 heterocycles. The summed E-state index contributed by atoms with van der Waals surface area (Å²) < 4.78 is 0. The first-order valence-electron chi connectivity index (χ1n) is 6.44. The van der Waals surface area contributed by atoms with Crippen molar-refractivity contribution in [2.24, 2.45) is 0 Å². The molecule has 4 heteroatoms. The summed E-state index contributed by atoms with van der Waals surface area (Å²) in [4.78, 5) is 6.52. The van der Waals surface area contributed by atoms with Gasteiger partial charge in [-0.3, -0.25) is 0 Å². The van der Waals surface area contributed by atoms with Crippen molar-refractivity contribution in [3.05, 3.63) is 22.8 Å². The van der Waals surface area contributed by atoms with Gasteiger partial charge in [0.25, 0.3) is 0 Å². The van der Waals surface area contributed by atoms with Gasteiger partial charge in [0.2, 0.25) is 0 Å². The van der Waals surface area contributed by atoms with Crippen LogP contribution in [0.4, 0.5) is 5.82 Å². The molecule has 0 spiro atoms. The molecular weight excluding hydrogens is 246 g/mol. The van der Waals surface area contributed by atoms with Crippen LogP contribution in [0.2, 0.25) is 5.02 Å². The van der Waals surface area contributed by atoms with Gasteiger partial charge in [0, 0.05) is 31.9 Å². The van der Waals surface area contributed by atoms with E-state index in [1.165, 1.54) is 0 Å². The average Bonchev–Trinajstić information content (AvgIpc) is 2.27. The fourth-order valence-electron chi connectivity index (χ4n) is 1.62. The second-order valence-corrected chi connectivity index (χ2v) is 6.07. The Morgan fingerprint density at radius 2 is 2.06 bits per heavy atom. The molecule has 0 radical (unpaired) electrons. The molecule has 0 unspecified atom stereocenters. The maximum absolute atomic E-state index is 6.19. The Kier molecular flexibility index (Phi) is 5.42. The molecule has 1 aromatic rings. The molecule has 0 fully saturated rings. The number of pyridine rings is 1. The van der Waals surface area contributed by atoms with Gasteiger partial charge in [-0.25, -0.2) is 4.98 Å². The lowest BCUT2D eigenvalue weighted by atomic mass is 10.1. The van der Waals surface area contributed by atoms with Gasteiger partial charge in [-0.1, -0.05) is 18.5 Å². The van der Waals surface area contributed by atoms with Gasteiger partial charge < -0.3 is 10.2 Å². The number of rotatable bonds is 5. The zero-order chi connectivity index (χ0) is 13.8. The van der Waals surface area contributed by atoms with Gasteiger partial charge in [0.1, 0.15) is 5.82 Å². The summed E-state index contributed by atoms with van der Waals surface area (Å²) in [5, 5.41) is 4.17. The summed E-state index contributed by atoms with van der Waals surface area (Å²) in [5.41, 5.74) is 1.18. The van der Waals surface area contributed by atoms with Crippen LogP contribution in [0, 0.1) is 0 Å². The molecule has 1 rings (SSSR count). The summed E-state index contributed by atoms with van der Waals surface area (Å²) in [6.45, 7) is 10.4. The Bertz CT molecular complexity index is 385. The van der Waals surface area contributed by atoms with Gasteiger partial charge in [0.15, 0.2) is 0 Å². The van der Waals surface area contributed by atoms with Crippen LogP contribution < -0.4 is 10.2 Å². The molecule has 0 saturated carbocycles. The van der Waals surface area contributed by atoms with Crippen molar-refractivity contribution in [1.29, 1.82) is 0 Å². The molecule has 0 aromatic carbocycles. The molecule has 0 aliphatic heterocycles. The Labute approximate surface area is 116 Å². The van der Waals surface area contributed by atoms with E-state index in [0.717, 1.165) is 35.9 Å². The van der Waals surface area contributed by atoms with Gasteiger partial charge in [-0.05, 0) is 38.8 Å². The number of aromatic nitrogens is 1. The van der Waals surface area contributed by atoms with Crippen molar-refractivity contribution in [2.45, 2.75) is 46.2 Å². The Morgan fingerprint density at radius 3 is 2.61 bits per heavy atom. The van der Waals surface area contributed by atoms with E-state index in [2.05, 4.69) is 56.0 Å². The molecular formula is C14H24ClN3. The summed E-state index contributed by atoms with van der Waals surface area (Å²) in [6, 6.07) is 2.07. The minimum Gasteiger partial charge on any atom is -0.360 e. The van der Waals surface area contributed by atoms with Gasteiger partial charge in [-0.15, -0.1) is 0 Å². The molecule has 0 bridgehead atoms. The first-order valence-corrected chi connectivity index (χ1v) is 6.82. The summed E-state index contributed by atoms with van der Waals surface area (Å²) >= 11 is 6.19. The molecule has 0 atom stereocenters. The van der Waals surface area contributed by atoms with Crippen LogP contribution in [0.25, 0.3) is 0 Å². The third-order valence-electron chi connectivity index (χ3n) is 2.68. The van der Waals surface area contributed by atoms with Gasteiger partial charge in [-0.2, -0.15) is 0 Å². The molecule has 18 heavy (non-hydrogen) atoms. The predicted octanol–water partition coefficient (Wildman–Crippen LogP) is 3.47. The van der Waals surface area contributed by atoms with Crippen molar-refractivity contribution >= 4 is 17.4 Å². The van der Waals surface area contributed by atoms with E-state index in [4.69, 9.17) is 11.6 Å². The number of anilines is 1. The lowest BCUT2D eigenvalue weighted by molar-refractivity contribution is 0.424. The second-order valence-electron chi connectivity index (χ2n) is 5.66. The van der Waals surface area contributed by atoms with Crippen molar-refractivity contribution in [1.82, 2.24) is 10.3 Å². The largest absolute Gasteiger partial charge is 0.360 e. The number of nitrogens with zero attached hydrogens (tertiary/aromatic N) is 2. The molecule has 1 aromatic heterocycles. The van der Waals surface area contributed by atoms with E-state index >= 15 is 0 Å². The maximum atomic E-state index is 6.19. The first-order chi connectivity index (χ1) is 8.33. The zero-order valence-corrected chi connectivity index (χ0v) is 12.8. The van der Waals surface area contributed by atoms with Crippen molar-refractivity contribution in [3.63, 3.8) is 0 Å². The lowest BCUT2D eigenvalue weighted by Crippen LogP contribution is -2.35. The summed E-state index contributed by atoms with van der Waals surface area (Å²) in [7, 11) is 2.06. The highest BCUT2D eigenvalue weighted by Crippen LogP contribution is 2.20. The number of hydrogen-bond donors (Lipinski definition) is 1. The molecule has 102 valence electrons. The number of nitrogens with one attached hydrogen (secondary N) is 1. The third kappa shape index (κ3) is 4.83. The smallest absolute Gasteiger partial charge is 0.128 e. The Morgan fingerprint density at radius 1 is 1.39 bits per heavy atom. The average molecular weight is 270 g/mol. The Balaban J connectivity index is 2.81. The SMILES string of the molecule is CCCN(C)c1cc(CNC(C)(C)C)c(Cl)cn1. The summed E-state index contributed by atoms with van der Waals surface area (Å²) in [5.74, 6) is 0.979. The van der Waals surface area contributed by atoms with E-state index < -0.39 is 0 Å². The quantitative estimate of drug-likeness (QED) is 0.887. The van der Waals surface area contributed by atoms with Crippen molar-refractivity contribution in [3.8, 4) is 0 Å². The van der Waals surface area contributed by atoms with Crippen LogP contribution in [0.5, 0.6) is 0 Å². The van der Waals surface area contributed by atoms with E-state index in [1.807, 2.05) is 0 Å². The number of halogens is 1. The van der Waals surface area contributed by atoms with E-state index in [-0.39, 0.29) is 5.54 Å². The molecule has 0 amide bonds. The molecule has 0 aliphatic carbocycles. The van der Waals surface area contributed by atoms with Crippen molar-refractivity contribution in [2.75, 3.05) is 18.5 Å². The minimum atomic E-state index is 0.0854. The first kappa shape index (κ1) is 15.3. The summed E-state index contributed by atoms with van der Waals surface area (Å²) in [6.07, 6.45) is 2.85. The highest BCUT2D eigenvalue weighted by molar-refractivity contribution is 6.31. The topological polar surface area (TPSA) is 28.2 Å². The van der Waals surface area contributed by atoms with Crippen LogP contribution in [0.15, 0.2) is 12.3 Å². The monoisotopic (exact) mass is 269 g/mol. The fourth-order valence-corrected chi connectivity index (χ4v) is 1.79. The number of hydrogen-bond acceptors (Lipinski definition) is 3. The predicted molar refractivity (Wildman–Crippen MR) is 79.4 cm³/mol. The third-order valence-corrected chi connectivity index (χ3v) is 3.02. The van der Waals surface area contributed by atoms with E-state index in [1.54, 1.807) is 6.20 Å².